The highest BCUT2D eigenvalue weighted by molar-refractivity contribution is 9.11. The summed E-state index contributed by atoms with van der Waals surface area (Å²) in [5, 5.41) is 0. The van der Waals surface area contributed by atoms with Gasteiger partial charge in [-0.1, -0.05) is 31.9 Å². The Balaban J connectivity index is 2.87. The quantitative estimate of drug-likeness (QED) is 0.828. The lowest BCUT2D eigenvalue weighted by atomic mass is 10.1. The van der Waals surface area contributed by atoms with Crippen molar-refractivity contribution in [2.75, 3.05) is 0 Å². The van der Waals surface area contributed by atoms with Crippen LogP contribution in [-0.2, 0) is 0 Å². The van der Waals surface area contributed by atoms with E-state index in [9.17, 15) is 0 Å². The fourth-order valence-corrected chi connectivity index (χ4v) is 2.45. The van der Waals surface area contributed by atoms with Gasteiger partial charge in [0.05, 0.1) is 0 Å². The van der Waals surface area contributed by atoms with Crippen molar-refractivity contribution in [1.29, 1.82) is 0 Å². The molecule has 0 heterocycles. The Hall–Kier alpha value is -0.300. The minimum Gasteiger partial charge on any atom is -0.323 e. The van der Waals surface area contributed by atoms with Crippen LogP contribution in [0.2, 0.25) is 0 Å². The van der Waals surface area contributed by atoms with Gasteiger partial charge in [0, 0.05) is 21.4 Å². The molecule has 0 aliphatic carbocycles. The fraction of sp³-hybridized carbons (Fsp3) is 0.273. The molecule has 1 rings (SSSR count). The first kappa shape index (κ1) is 11.8. The molecule has 0 aromatic heterocycles. The summed E-state index contributed by atoms with van der Waals surface area (Å²) >= 11 is 6.86. The van der Waals surface area contributed by atoms with E-state index < -0.39 is 0 Å². The van der Waals surface area contributed by atoms with Crippen LogP contribution in [0, 0.1) is 11.8 Å². The minimum atomic E-state index is -0.0174. The van der Waals surface area contributed by atoms with Gasteiger partial charge in [0.25, 0.3) is 0 Å². The van der Waals surface area contributed by atoms with Crippen LogP contribution >= 0.6 is 31.9 Å². The summed E-state index contributed by atoms with van der Waals surface area (Å²) in [7, 11) is 0. The van der Waals surface area contributed by atoms with Crippen molar-refractivity contribution in [2.24, 2.45) is 5.73 Å². The van der Waals surface area contributed by atoms with Gasteiger partial charge in [-0.25, -0.2) is 0 Å². The molecule has 0 fully saturated rings. The van der Waals surface area contributed by atoms with Crippen molar-refractivity contribution in [3.63, 3.8) is 0 Å². The number of benzene rings is 1. The van der Waals surface area contributed by atoms with Crippen LogP contribution in [0.4, 0.5) is 0 Å². The molecule has 0 radical (unpaired) electrons. The predicted octanol–water partition coefficient (Wildman–Crippen LogP) is 3.62. The second-order valence-corrected chi connectivity index (χ2v) is 4.77. The Morgan fingerprint density at radius 2 is 1.86 bits per heavy atom. The lowest BCUT2D eigenvalue weighted by Crippen LogP contribution is -2.09. The van der Waals surface area contributed by atoms with Gasteiger partial charge in [-0.05, 0) is 30.7 Å². The van der Waals surface area contributed by atoms with Crippen LogP contribution in [0.3, 0.4) is 0 Å². The van der Waals surface area contributed by atoms with E-state index in [1.807, 2.05) is 25.1 Å². The zero-order valence-electron chi connectivity index (χ0n) is 7.85. The molecule has 1 aromatic rings. The van der Waals surface area contributed by atoms with E-state index in [4.69, 9.17) is 5.73 Å². The number of hydrogen-bond donors (Lipinski definition) is 1. The number of rotatable bonds is 2. The predicted molar refractivity (Wildman–Crippen MR) is 66.8 cm³/mol. The van der Waals surface area contributed by atoms with Crippen LogP contribution < -0.4 is 5.73 Å². The van der Waals surface area contributed by atoms with E-state index >= 15 is 0 Å². The zero-order valence-corrected chi connectivity index (χ0v) is 11.0. The maximum atomic E-state index is 5.97. The normalized spacial score (nSPS) is 11.7. The van der Waals surface area contributed by atoms with Crippen molar-refractivity contribution in [2.45, 2.75) is 19.4 Å². The molecular weight excluding hydrogens is 306 g/mol. The van der Waals surface area contributed by atoms with Crippen molar-refractivity contribution >= 4 is 31.9 Å². The summed E-state index contributed by atoms with van der Waals surface area (Å²) in [6.45, 7) is 1.82. The van der Waals surface area contributed by atoms with E-state index in [2.05, 4.69) is 43.7 Å². The third-order valence-corrected chi connectivity index (χ3v) is 2.73. The second kappa shape index (κ2) is 5.55. The van der Waals surface area contributed by atoms with Crippen LogP contribution in [0.5, 0.6) is 0 Å². The number of nitrogens with two attached hydrogens (primary N) is 1. The summed E-state index contributed by atoms with van der Waals surface area (Å²) in [5.41, 5.74) is 7.07. The molecule has 1 aromatic carbocycles. The van der Waals surface area contributed by atoms with Crippen LogP contribution in [0.15, 0.2) is 27.1 Å². The van der Waals surface area contributed by atoms with Gasteiger partial charge in [-0.3, -0.25) is 0 Å². The fourth-order valence-electron chi connectivity index (χ4n) is 1.12. The number of halogens is 2. The molecule has 2 N–H and O–H groups in total. The SMILES string of the molecule is CC#CCC(N)c1cc(Br)cc(Br)c1. The zero-order chi connectivity index (χ0) is 10.6. The molecule has 0 amide bonds. The van der Waals surface area contributed by atoms with Crippen molar-refractivity contribution in [1.82, 2.24) is 0 Å². The molecular formula is C11H11Br2N. The van der Waals surface area contributed by atoms with Gasteiger partial charge in [-0.15, -0.1) is 11.8 Å². The Kier molecular flexibility index (Phi) is 4.67. The minimum absolute atomic E-state index is 0.0174. The van der Waals surface area contributed by atoms with Crippen LogP contribution in [0.25, 0.3) is 0 Å². The maximum Gasteiger partial charge on any atom is 0.0406 e. The summed E-state index contributed by atoms with van der Waals surface area (Å²) in [5.74, 6) is 5.82. The smallest absolute Gasteiger partial charge is 0.0406 e. The number of hydrogen-bond acceptors (Lipinski definition) is 1. The van der Waals surface area contributed by atoms with Crippen LogP contribution in [0.1, 0.15) is 24.9 Å². The monoisotopic (exact) mass is 315 g/mol. The van der Waals surface area contributed by atoms with E-state index in [1.165, 1.54) is 0 Å². The Labute approximate surface area is 101 Å². The molecule has 0 saturated heterocycles. The first-order valence-corrected chi connectivity index (χ1v) is 5.83. The molecule has 74 valence electrons. The summed E-state index contributed by atoms with van der Waals surface area (Å²) in [6, 6.07) is 6.01. The van der Waals surface area contributed by atoms with E-state index in [1.54, 1.807) is 0 Å². The van der Waals surface area contributed by atoms with Gasteiger partial charge < -0.3 is 5.73 Å². The molecule has 14 heavy (non-hydrogen) atoms. The topological polar surface area (TPSA) is 26.0 Å². The highest BCUT2D eigenvalue weighted by atomic mass is 79.9. The largest absolute Gasteiger partial charge is 0.323 e. The molecule has 1 atom stereocenters. The third kappa shape index (κ3) is 3.45. The first-order valence-electron chi connectivity index (χ1n) is 4.24. The van der Waals surface area contributed by atoms with E-state index in [-0.39, 0.29) is 6.04 Å². The summed E-state index contributed by atoms with van der Waals surface area (Å²) in [4.78, 5) is 0. The van der Waals surface area contributed by atoms with Gasteiger partial charge in [0.1, 0.15) is 0 Å². The molecule has 0 spiro atoms. The Bertz CT molecular complexity index is 356. The van der Waals surface area contributed by atoms with Crippen molar-refractivity contribution in [3.05, 3.63) is 32.7 Å². The van der Waals surface area contributed by atoms with Gasteiger partial charge in [-0.2, -0.15) is 0 Å². The first-order chi connectivity index (χ1) is 6.63. The summed E-state index contributed by atoms with van der Waals surface area (Å²) < 4.78 is 2.06. The van der Waals surface area contributed by atoms with Crippen molar-refractivity contribution in [3.8, 4) is 11.8 Å². The highest BCUT2D eigenvalue weighted by Gasteiger charge is 2.05. The van der Waals surface area contributed by atoms with Gasteiger partial charge in [0.2, 0.25) is 0 Å². The average molecular weight is 317 g/mol. The Morgan fingerprint density at radius 3 is 2.36 bits per heavy atom. The standard InChI is InChI=1S/C11H11Br2N/c1-2-3-4-11(14)8-5-9(12)7-10(13)6-8/h5-7,11H,4,14H2,1H3. The maximum absolute atomic E-state index is 5.97. The van der Waals surface area contributed by atoms with Gasteiger partial charge >= 0.3 is 0 Å². The molecule has 1 nitrogen and oxygen atoms in total. The highest BCUT2D eigenvalue weighted by Crippen LogP contribution is 2.24. The molecule has 0 bridgehead atoms. The second-order valence-electron chi connectivity index (χ2n) is 2.94. The molecule has 3 heteroatoms. The molecule has 0 saturated carbocycles. The third-order valence-electron chi connectivity index (χ3n) is 1.81. The molecule has 0 aliphatic heterocycles. The van der Waals surface area contributed by atoms with E-state index in [0.717, 1.165) is 14.5 Å². The summed E-state index contributed by atoms with van der Waals surface area (Å²) in [6.07, 6.45) is 0.694. The molecule has 1 unspecified atom stereocenters. The van der Waals surface area contributed by atoms with E-state index in [0.29, 0.717) is 6.42 Å². The average Bonchev–Trinajstić information content (AvgIpc) is 2.12. The lowest BCUT2D eigenvalue weighted by molar-refractivity contribution is 0.753. The van der Waals surface area contributed by atoms with Gasteiger partial charge in [0.15, 0.2) is 0 Å². The van der Waals surface area contributed by atoms with Crippen molar-refractivity contribution < 1.29 is 0 Å². The van der Waals surface area contributed by atoms with Crippen LogP contribution in [-0.4, -0.2) is 0 Å². The Morgan fingerprint density at radius 1 is 1.29 bits per heavy atom. The molecule has 0 aliphatic rings. The lowest BCUT2D eigenvalue weighted by Gasteiger charge is -2.09.